The number of piperazine rings is 1. The zero-order valence-corrected chi connectivity index (χ0v) is 12.8. The van der Waals surface area contributed by atoms with Gasteiger partial charge in [-0.25, -0.2) is 4.39 Å². The summed E-state index contributed by atoms with van der Waals surface area (Å²) >= 11 is 3.30. The minimum atomic E-state index is -0.753. The van der Waals surface area contributed by atoms with Gasteiger partial charge in [0, 0.05) is 43.7 Å². The molecule has 4 nitrogen and oxygen atoms in total. The van der Waals surface area contributed by atoms with Gasteiger partial charge in [0.15, 0.2) is 0 Å². The average molecular weight is 345 g/mol. The third kappa shape index (κ3) is 4.85. The van der Waals surface area contributed by atoms with Gasteiger partial charge in [-0.15, -0.1) is 0 Å². The molecular formula is C14H18BrFN2O2. The van der Waals surface area contributed by atoms with Gasteiger partial charge in [-0.05, 0) is 23.8 Å². The minimum Gasteiger partial charge on any atom is -0.481 e. The molecule has 1 saturated heterocycles. The van der Waals surface area contributed by atoms with Crippen LogP contribution in [0.2, 0.25) is 0 Å². The lowest BCUT2D eigenvalue weighted by molar-refractivity contribution is -0.137. The van der Waals surface area contributed by atoms with Crippen LogP contribution in [0.4, 0.5) is 4.39 Å². The third-order valence-electron chi connectivity index (χ3n) is 3.44. The van der Waals surface area contributed by atoms with E-state index in [0.717, 1.165) is 42.8 Å². The Balaban J connectivity index is 1.80. The smallest absolute Gasteiger partial charge is 0.304 e. The number of halogens is 2. The molecule has 0 spiro atoms. The molecule has 1 aromatic rings. The Morgan fingerprint density at radius 1 is 1.20 bits per heavy atom. The van der Waals surface area contributed by atoms with Crippen LogP contribution in [-0.2, 0) is 11.3 Å². The monoisotopic (exact) mass is 344 g/mol. The van der Waals surface area contributed by atoms with Crippen LogP contribution in [0.25, 0.3) is 0 Å². The molecule has 110 valence electrons. The first-order valence-corrected chi connectivity index (χ1v) is 7.44. The Bertz CT molecular complexity index is 456. The summed E-state index contributed by atoms with van der Waals surface area (Å²) in [6.45, 7) is 4.83. The van der Waals surface area contributed by atoms with Gasteiger partial charge in [-0.3, -0.25) is 9.69 Å². The maximum atomic E-state index is 13.3. The van der Waals surface area contributed by atoms with Crippen molar-refractivity contribution >= 4 is 21.9 Å². The molecule has 0 bridgehead atoms. The van der Waals surface area contributed by atoms with Gasteiger partial charge in [0.05, 0.1) is 6.42 Å². The molecule has 0 radical (unpaired) electrons. The molecule has 0 atom stereocenters. The molecule has 1 aliphatic heterocycles. The molecule has 1 aliphatic rings. The molecule has 1 N–H and O–H groups in total. The van der Waals surface area contributed by atoms with E-state index >= 15 is 0 Å². The number of carbonyl (C=O) groups is 1. The molecule has 2 rings (SSSR count). The van der Waals surface area contributed by atoms with Crippen molar-refractivity contribution in [3.8, 4) is 0 Å². The molecule has 6 heteroatoms. The zero-order valence-electron chi connectivity index (χ0n) is 11.2. The van der Waals surface area contributed by atoms with E-state index in [9.17, 15) is 9.18 Å². The maximum absolute atomic E-state index is 13.3. The van der Waals surface area contributed by atoms with E-state index in [2.05, 4.69) is 25.7 Å². The lowest BCUT2D eigenvalue weighted by Crippen LogP contribution is -2.46. The summed E-state index contributed by atoms with van der Waals surface area (Å²) < 4.78 is 14.1. The fourth-order valence-electron chi connectivity index (χ4n) is 2.39. The van der Waals surface area contributed by atoms with Crippen LogP contribution >= 0.6 is 15.9 Å². The summed E-state index contributed by atoms with van der Waals surface area (Å²) in [4.78, 5) is 15.0. The second-order valence-electron chi connectivity index (χ2n) is 5.04. The number of hydrogen-bond donors (Lipinski definition) is 1. The highest BCUT2D eigenvalue weighted by Gasteiger charge is 2.17. The molecule has 20 heavy (non-hydrogen) atoms. The van der Waals surface area contributed by atoms with Gasteiger partial charge in [0.1, 0.15) is 5.82 Å². The van der Waals surface area contributed by atoms with Crippen LogP contribution in [0.15, 0.2) is 22.7 Å². The highest BCUT2D eigenvalue weighted by Crippen LogP contribution is 2.17. The predicted octanol–water partition coefficient (Wildman–Crippen LogP) is 2.18. The summed E-state index contributed by atoms with van der Waals surface area (Å²) in [5.74, 6) is -0.980. The van der Waals surface area contributed by atoms with E-state index in [-0.39, 0.29) is 12.2 Å². The Morgan fingerprint density at radius 2 is 1.85 bits per heavy atom. The highest BCUT2D eigenvalue weighted by molar-refractivity contribution is 9.10. The summed E-state index contributed by atoms with van der Waals surface area (Å²) in [5.41, 5.74) is 0.955. The first kappa shape index (κ1) is 15.4. The van der Waals surface area contributed by atoms with Crippen molar-refractivity contribution in [2.45, 2.75) is 13.0 Å². The van der Waals surface area contributed by atoms with E-state index in [1.807, 2.05) is 6.07 Å². The first-order valence-electron chi connectivity index (χ1n) is 6.64. The van der Waals surface area contributed by atoms with Crippen molar-refractivity contribution in [1.82, 2.24) is 9.80 Å². The number of nitrogens with zero attached hydrogens (tertiary/aromatic N) is 2. The van der Waals surface area contributed by atoms with Gasteiger partial charge in [-0.1, -0.05) is 15.9 Å². The van der Waals surface area contributed by atoms with Crippen molar-refractivity contribution in [3.05, 3.63) is 34.1 Å². The highest BCUT2D eigenvalue weighted by atomic mass is 79.9. The van der Waals surface area contributed by atoms with Crippen LogP contribution < -0.4 is 0 Å². The molecule has 1 heterocycles. The fourth-order valence-corrected chi connectivity index (χ4v) is 2.90. The van der Waals surface area contributed by atoms with Gasteiger partial charge >= 0.3 is 5.97 Å². The van der Waals surface area contributed by atoms with Crippen molar-refractivity contribution in [2.75, 3.05) is 32.7 Å². The molecular weight excluding hydrogens is 327 g/mol. The lowest BCUT2D eigenvalue weighted by atomic mass is 10.2. The number of aliphatic carboxylic acids is 1. The Kier molecular flexibility index (Phi) is 5.51. The van der Waals surface area contributed by atoms with Gasteiger partial charge in [0.2, 0.25) is 0 Å². The second kappa shape index (κ2) is 7.15. The average Bonchev–Trinajstić information content (AvgIpc) is 2.36. The molecule has 0 amide bonds. The standard InChI is InChI=1S/C14H18BrFN2O2/c15-12-7-11(8-13(16)9-12)10-18-5-3-17(4-6-18)2-1-14(19)20/h7-9H,1-6,10H2,(H,19,20). The summed E-state index contributed by atoms with van der Waals surface area (Å²) in [6.07, 6.45) is 0.191. The van der Waals surface area contributed by atoms with E-state index < -0.39 is 5.97 Å². The second-order valence-corrected chi connectivity index (χ2v) is 5.95. The van der Waals surface area contributed by atoms with E-state index in [0.29, 0.717) is 6.54 Å². The van der Waals surface area contributed by atoms with E-state index in [4.69, 9.17) is 5.11 Å². The van der Waals surface area contributed by atoms with Gasteiger partial charge in [-0.2, -0.15) is 0 Å². The van der Waals surface area contributed by atoms with Crippen LogP contribution in [0.1, 0.15) is 12.0 Å². The van der Waals surface area contributed by atoms with Crippen molar-refractivity contribution in [1.29, 1.82) is 0 Å². The van der Waals surface area contributed by atoms with Crippen molar-refractivity contribution in [3.63, 3.8) is 0 Å². The van der Waals surface area contributed by atoms with Crippen LogP contribution in [0, 0.1) is 5.82 Å². The number of rotatable bonds is 5. The van der Waals surface area contributed by atoms with Crippen LogP contribution in [0.3, 0.4) is 0 Å². The molecule has 1 fully saturated rings. The van der Waals surface area contributed by atoms with Gasteiger partial charge in [0.25, 0.3) is 0 Å². The van der Waals surface area contributed by atoms with Crippen LogP contribution in [-0.4, -0.2) is 53.6 Å². The lowest BCUT2D eigenvalue weighted by Gasteiger charge is -2.34. The summed E-state index contributed by atoms with van der Waals surface area (Å²) in [6, 6.07) is 4.94. The predicted molar refractivity (Wildman–Crippen MR) is 78.1 cm³/mol. The summed E-state index contributed by atoms with van der Waals surface area (Å²) in [7, 11) is 0. The first-order chi connectivity index (χ1) is 9.52. The molecule has 0 aliphatic carbocycles. The number of carboxylic acids is 1. The van der Waals surface area contributed by atoms with Gasteiger partial charge < -0.3 is 10.0 Å². The number of benzene rings is 1. The Labute approximate surface area is 126 Å². The topological polar surface area (TPSA) is 43.8 Å². The maximum Gasteiger partial charge on any atom is 0.304 e. The quantitative estimate of drug-likeness (QED) is 0.889. The molecule has 0 unspecified atom stereocenters. The summed E-state index contributed by atoms with van der Waals surface area (Å²) in [5, 5.41) is 8.67. The normalized spacial score (nSPS) is 17.3. The largest absolute Gasteiger partial charge is 0.481 e. The molecule has 0 aromatic heterocycles. The number of carboxylic acid groups (broad SMARTS) is 1. The third-order valence-corrected chi connectivity index (χ3v) is 3.89. The van der Waals surface area contributed by atoms with Crippen molar-refractivity contribution in [2.24, 2.45) is 0 Å². The van der Waals surface area contributed by atoms with Crippen LogP contribution in [0.5, 0.6) is 0 Å². The Hall–Kier alpha value is -0.980. The Morgan fingerprint density at radius 3 is 2.45 bits per heavy atom. The van der Waals surface area contributed by atoms with E-state index in [1.54, 1.807) is 6.07 Å². The van der Waals surface area contributed by atoms with Crippen molar-refractivity contribution < 1.29 is 14.3 Å². The minimum absolute atomic E-state index is 0.191. The molecule has 0 saturated carbocycles. The number of hydrogen-bond acceptors (Lipinski definition) is 3. The zero-order chi connectivity index (χ0) is 14.5. The fraction of sp³-hybridized carbons (Fsp3) is 0.500. The van der Waals surface area contributed by atoms with E-state index in [1.165, 1.54) is 6.07 Å². The SMILES string of the molecule is O=C(O)CCN1CCN(Cc2cc(F)cc(Br)c2)CC1. The molecule has 1 aromatic carbocycles.